The van der Waals surface area contributed by atoms with Gasteiger partial charge in [-0.3, -0.25) is 0 Å². The standard InChI is InChI=1S/C10H16O2/c1-8-7-11-10(12-8)9-5-3-2-4-6-9/h2-3,8-10H,4-7H2,1H3/t8-,9+,10+/m1/s1. The molecule has 2 rings (SSSR count). The van der Waals surface area contributed by atoms with Crippen LogP contribution in [0.15, 0.2) is 12.2 Å². The Bertz CT molecular complexity index is 177. The highest BCUT2D eigenvalue weighted by atomic mass is 16.7. The molecule has 12 heavy (non-hydrogen) atoms. The molecule has 1 aliphatic heterocycles. The van der Waals surface area contributed by atoms with E-state index in [1.54, 1.807) is 0 Å². The summed E-state index contributed by atoms with van der Waals surface area (Å²) in [6, 6.07) is 0. The molecule has 3 atom stereocenters. The maximum atomic E-state index is 5.64. The van der Waals surface area contributed by atoms with Gasteiger partial charge in [-0.25, -0.2) is 0 Å². The van der Waals surface area contributed by atoms with Crippen LogP contribution in [0.5, 0.6) is 0 Å². The minimum absolute atomic E-state index is 0.0740. The second-order valence-electron chi connectivity index (χ2n) is 3.69. The molecule has 0 bridgehead atoms. The van der Waals surface area contributed by atoms with Crippen LogP contribution in [0.4, 0.5) is 0 Å². The van der Waals surface area contributed by atoms with Gasteiger partial charge in [0.25, 0.3) is 0 Å². The second kappa shape index (κ2) is 3.58. The Morgan fingerprint density at radius 2 is 2.25 bits per heavy atom. The first kappa shape index (κ1) is 8.27. The molecule has 2 heteroatoms. The zero-order valence-electron chi connectivity index (χ0n) is 7.53. The van der Waals surface area contributed by atoms with Gasteiger partial charge in [0, 0.05) is 5.92 Å². The Morgan fingerprint density at radius 3 is 2.83 bits per heavy atom. The van der Waals surface area contributed by atoms with E-state index in [1.165, 1.54) is 12.8 Å². The first-order valence-corrected chi connectivity index (χ1v) is 4.78. The zero-order chi connectivity index (χ0) is 8.39. The lowest BCUT2D eigenvalue weighted by Crippen LogP contribution is -2.22. The Labute approximate surface area is 73.5 Å². The first-order valence-electron chi connectivity index (χ1n) is 4.78. The summed E-state index contributed by atoms with van der Waals surface area (Å²) in [6.45, 7) is 2.84. The maximum Gasteiger partial charge on any atom is 0.161 e. The van der Waals surface area contributed by atoms with E-state index in [0.29, 0.717) is 12.0 Å². The van der Waals surface area contributed by atoms with Gasteiger partial charge in [-0.2, -0.15) is 0 Å². The van der Waals surface area contributed by atoms with Gasteiger partial charge in [0.05, 0.1) is 12.7 Å². The summed E-state index contributed by atoms with van der Waals surface area (Å²) in [5, 5.41) is 0. The van der Waals surface area contributed by atoms with E-state index in [-0.39, 0.29) is 6.29 Å². The molecule has 68 valence electrons. The van der Waals surface area contributed by atoms with Crippen LogP contribution in [0.1, 0.15) is 26.2 Å². The highest BCUT2D eigenvalue weighted by Crippen LogP contribution is 2.28. The molecule has 1 saturated heterocycles. The molecular weight excluding hydrogens is 152 g/mol. The summed E-state index contributed by atoms with van der Waals surface area (Å²) in [5.41, 5.74) is 0. The zero-order valence-corrected chi connectivity index (χ0v) is 7.53. The predicted octanol–water partition coefficient (Wildman–Crippen LogP) is 2.10. The second-order valence-corrected chi connectivity index (χ2v) is 3.69. The smallest absolute Gasteiger partial charge is 0.161 e. The Kier molecular flexibility index (Phi) is 2.47. The molecule has 1 aliphatic carbocycles. The van der Waals surface area contributed by atoms with Crippen molar-refractivity contribution in [2.24, 2.45) is 5.92 Å². The molecule has 0 aromatic heterocycles. The SMILES string of the molecule is C[C@@H]1CO[C@H]([C@H]2CC=CCC2)O1. The van der Waals surface area contributed by atoms with E-state index in [1.807, 2.05) is 0 Å². The molecule has 0 radical (unpaired) electrons. The maximum absolute atomic E-state index is 5.64. The topological polar surface area (TPSA) is 18.5 Å². The molecule has 0 unspecified atom stereocenters. The molecule has 0 aromatic rings. The van der Waals surface area contributed by atoms with Crippen LogP contribution in [0.25, 0.3) is 0 Å². The van der Waals surface area contributed by atoms with Gasteiger partial charge in [0.15, 0.2) is 6.29 Å². The summed E-state index contributed by atoms with van der Waals surface area (Å²) in [5.74, 6) is 0.597. The van der Waals surface area contributed by atoms with Crippen LogP contribution < -0.4 is 0 Å². The Balaban J connectivity index is 1.88. The summed E-state index contributed by atoms with van der Waals surface area (Å²) >= 11 is 0. The lowest BCUT2D eigenvalue weighted by atomic mass is 9.94. The minimum Gasteiger partial charge on any atom is -0.350 e. The van der Waals surface area contributed by atoms with Crippen molar-refractivity contribution in [3.05, 3.63) is 12.2 Å². The van der Waals surface area contributed by atoms with Gasteiger partial charge >= 0.3 is 0 Å². The molecule has 0 spiro atoms. The summed E-state index contributed by atoms with van der Waals surface area (Å²) in [7, 11) is 0. The van der Waals surface area contributed by atoms with Gasteiger partial charge in [0.1, 0.15) is 0 Å². The van der Waals surface area contributed by atoms with Crippen LogP contribution in [0, 0.1) is 5.92 Å². The molecule has 0 amide bonds. The van der Waals surface area contributed by atoms with Crippen molar-refractivity contribution in [3.63, 3.8) is 0 Å². The number of allylic oxidation sites excluding steroid dienone is 2. The Morgan fingerprint density at radius 1 is 1.33 bits per heavy atom. The largest absolute Gasteiger partial charge is 0.350 e. The highest BCUT2D eigenvalue weighted by molar-refractivity contribution is 4.91. The number of hydrogen-bond acceptors (Lipinski definition) is 2. The number of hydrogen-bond donors (Lipinski definition) is 0. The Hall–Kier alpha value is -0.340. The third kappa shape index (κ3) is 1.70. The van der Waals surface area contributed by atoms with E-state index >= 15 is 0 Å². The molecule has 0 saturated carbocycles. The lowest BCUT2D eigenvalue weighted by Gasteiger charge is -2.22. The fraction of sp³-hybridized carbons (Fsp3) is 0.800. The molecule has 2 aliphatic rings. The van der Waals surface area contributed by atoms with E-state index in [4.69, 9.17) is 9.47 Å². The summed E-state index contributed by atoms with van der Waals surface area (Å²) in [6.07, 6.45) is 8.37. The fourth-order valence-corrected chi connectivity index (χ4v) is 1.85. The van der Waals surface area contributed by atoms with Gasteiger partial charge in [0.2, 0.25) is 0 Å². The van der Waals surface area contributed by atoms with E-state index in [2.05, 4.69) is 19.1 Å². The third-order valence-electron chi connectivity index (χ3n) is 2.56. The van der Waals surface area contributed by atoms with E-state index in [9.17, 15) is 0 Å². The van der Waals surface area contributed by atoms with Crippen molar-refractivity contribution in [2.45, 2.75) is 38.6 Å². The first-order chi connectivity index (χ1) is 5.86. The highest BCUT2D eigenvalue weighted by Gasteiger charge is 2.29. The summed E-state index contributed by atoms with van der Waals surface area (Å²) < 4.78 is 11.2. The van der Waals surface area contributed by atoms with Crippen LogP contribution >= 0.6 is 0 Å². The summed E-state index contributed by atoms with van der Waals surface area (Å²) in [4.78, 5) is 0. The lowest BCUT2D eigenvalue weighted by molar-refractivity contribution is -0.0959. The normalized spacial score (nSPS) is 41.9. The predicted molar refractivity (Wildman–Crippen MR) is 46.8 cm³/mol. The molecule has 1 heterocycles. The quantitative estimate of drug-likeness (QED) is 0.558. The molecular formula is C10H16O2. The van der Waals surface area contributed by atoms with E-state index in [0.717, 1.165) is 13.0 Å². The average Bonchev–Trinajstić information content (AvgIpc) is 2.54. The van der Waals surface area contributed by atoms with Crippen LogP contribution in [0.2, 0.25) is 0 Å². The van der Waals surface area contributed by atoms with Gasteiger partial charge in [-0.05, 0) is 26.2 Å². The molecule has 0 N–H and O–H groups in total. The molecule has 1 fully saturated rings. The van der Waals surface area contributed by atoms with Crippen LogP contribution in [-0.2, 0) is 9.47 Å². The van der Waals surface area contributed by atoms with Crippen molar-refractivity contribution in [1.29, 1.82) is 0 Å². The fourth-order valence-electron chi connectivity index (χ4n) is 1.85. The molecule has 2 nitrogen and oxygen atoms in total. The van der Waals surface area contributed by atoms with E-state index < -0.39 is 0 Å². The van der Waals surface area contributed by atoms with Crippen LogP contribution in [-0.4, -0.2) is 19.0 Å². The molecule has 0 aromatic carbocycles. The van der Waals surface area contributed by atoms with Gasteiger partial charge in [-0.1, -0.05) is 12.2 Å². The van der Waals surface area contributed by atoms with Gasteiger partial charge in [-0.15, -0.1) is 0 Å². The van der Waals surface area contributed by atoms with Crippen molar-refractivity contribution in [3.8, 4) is 0 Å². The van der Waals surface area contributed by atoms with Crippen molar-refractivity contribution in [1.82, 2.24) is 0 Å². The van der Waals surface area contributed by atoms with Crippen LogP contribution in [0.3, 0.4) is 0 Å². The number of ether oxygens (including phenoxy) is 2. The minimum atomic E-state index is 0.0740. The van der Waals surface area contributed by atoms with Gasteiger partial charge < -0.3 is 9.47 Å². The number of rotatable bonds is 1. The average molecular weight is 168 g/mol. The van der Waals surface area contributed by atoms with Crippen molar-refractivity contribution < 1.29 is 9.47 Å². The van der Waals surface area contributed by atoms with Crippen molar-refractivity contribution in [2.75, 3.05) is 6.61 Å². The monoisotopic (exact) mass is 168 g/mol. The van der Waals surface area contributed by atoms with Crippen molar-refractivity contribution >= 4 is 0 Å². The third-order valence-corrected chi connectivity index (χ3v) is 2.56.